The molecule has 1 aromatic carbocycles. The zero-order valence-corrected chi connectivity index (χ0v) is 19.0. The van der Waals surface area contributed by atoms with Gasteiger partial charge in [0.05, 0.1) is 0 Å². The van der Waals surface area contributed by atoms with Gasteiger partial charge in [0.2, 0.25) is 0 Å². The first-order valence-corrected chi connectivity index (χ1v) is 9.29. The normalized spacial score (nSPS) is 14.6. The minimum atomic E-state index is -2.89. The second-order valence-electron chi connectivity index (χ2n) is 6.19. The molecule has 0 aliphatic carbocycles. The number of guanidine groups is 1. The number of ether oxygens (including phenoxy) is 1. The van der Waals surface area contributed by atoms with Crippen molar-refractivity contribution in [1.82, 2.24) is 15.2 Å². The summed E-state index contributed by atoms with van der Waals surface area (Å²) in [5.41, 5.74) is 0.543. The summed E-state index contributed by atoms with van der Waals surface area (Å²) in [6.07, 6.45) is 1.78. The fraction of sp³-hybridized carbons (Fsp3) is 0.368. The van der Waals surface area contributed by atoms with Crippen molar-refractivity contribution in [3.63, 3.8) is 0 Å². The molecule has 1 N–H and O–H groups in total. The smallest absolute Gasteiger partial charge is 0.387 e. The lowest BCUT2D eigenvalue weighted by molar-refractivity contribution is -0.0504. The predicted molar refractivity (Wildman–Crippen MR) is 122 cm³/mol. The molecule has 1 aromatic heterocycles. The number of nitrogens with one attached hydrogen (secondary N) is 1. The van der Waals surface area contributed by atoms with Crippen LogP contribution in [0.5, 0.6) is 5.75 Å². The highest BCUT2D eigenvalue weighted by molar-refractivity contribution is 14.0. The number of hydrogen-bond acceptors (Lipinski definition) is 4. The van der Waals surface area contributed by atoms with Gasteiger partial charge in [-0.3, -0.25) is 4.99 Å². The average Bonchev–Trinajstić information content (AvgIpc) is 2.71. The molecule has 0 amide bonds. The SMILES string of the molecule is CN=C(NCc1cc(Cl)ccc1OC(F)F)N1CCN(c2ccccn2)CC1.I. The summed E-state index contributed by atoms with van der Waals surface area (Å²) in [5, 5.41) is 3.67. The second kappa shape index (κ2) is 11.3. The van der Waals surface area contributed by atoms with Gasteiger partial charge in [0.25, 0.3) is 0 Å². The summed E-state index contributed by atoms with van der Waals surface area (Å²) >= 11 is 6.00. The van der Waals surface area contributed by atoms with Crippen LogP contribution < -0.4 is 15.0 Å². The number of piperazine rings is 1. The summed E-state index contributed by atoms with van der Waals surface area (Å²) in [7, 11) is 1.70. The third kappa shape index (κ3) is 6.56. The van der Waals surface area contributed by atoms with Gasteiger partial charge in [-0.15, -0.1) is 24.0 Å². The molecule has 1 fully saturated rings. The molecule has 0 bridgehead atoms. The number of anilines is 1. The van der Waals surface area contributed by atoms with Crippen molar-refractivity contribution >= 4 is 47.4 Å². The summed E-state index contributed by atoms with van der Waals surface area (Å²) in [5.74, 6) is 1.75. The van der Waals surface area contributed by atoms with Gasteiger partial charge < -0.3 is 19.9 Å². The van der Waals surface area contributed by atoms with Gasteiger partial charge in [0.15, 0.2) is 5.96 Å². The van der Waals surface area contributed by atoms with Gasteiger partial charge in [-0.25, -0.2) is 4.98 Å². The maximum atomic E-state index is 12.6. The topological polar surface area (TPSA) is 53.0 Å². The highest BCUT2D eigenvalue weighted by atomic mass is 127. The Kier molecular flexibility index (Phi) is 9.15. The first kappa shape index (κ1) is 23.4. The van der Waals surface area contributed by atoms with E-state index >= 15 is 0 Å². The van der Waals surface area contributed by atoms with Crippen LogP contribution in [0.2, 0.25) is 5.02 Å². The lowest BCUT2D eigenvalue weighted by Crippen LogP contribution is -2.52. The quantitative estimate of drug-likeness (QED) is 0.357. The second-order valence-corrected chi connectivity index (χ2v) is 6.63. The number of rotatable bonds is 5. The van der Waals surface area contributed by atoms with E-state index in [1.807, 2.05) is 18.2 Å². The van der Waals surface area contributed by atoms with Crippen molar-refractivity contribution in [2.75, 3.05) is 38.1 Å². The average molecular weight is 538 g/mol. The summed E-state index contributed by atoms with van der Waals surface area (Å²) in [6.45, 7) is 0.552. The number of nitrogens with zero attached hydrogens (tertiary/aromatic N) is 4. The van der Waals surface area contributed by atoms with Crippen LogP contribution in [0.3, 0.4) is 0 Å². The van der Waals surface area contributed by atoms with E-state index in [1.165, 1.54) is 12.1 Å². The molecule has 10 heteroatoms. The lowest BCUT2D eigenvalue weighted by Gasteiger charge is -2.37. The van der Waals surface area contributed by atoms with Crippen molar-refractivity contribution in [2.24, 2.45) is 4.99 Å². The molecule has 0 spiro atoms. The fourth-order valence-electron chi connectivity index (χ4n) is 3.09. The van der Waals surface area contributed by atoms with Crippen molar-refractivity contribution in [3.8, 4) is 5.75 Å². The Labute approximate surface area is 190 Å². The Balaban J connectivity index is 0.00000300. The molecule has 3 rings (SSSR count). The van der Waals surface area contributed by atoms with Crippen molar-refractivity contribution < 1.29 is 13.5 Å². The Morgan fingerprint density at radius 3 is 2.62 bits per heavy atom. The molecule has 0 saturated carbocycles. The maximum Gasteiger partial charge on any atom is 0.387 e. The highest BCUT2D eigenvalue weighted by Crippen LogP contribution is 2.24. The summed E-state index contributed by atoms with van der Waals surface area (Å²) < 4.78 is 29.8. The number of aliphatic imine (C=N–C) groups is 1. The predicted octanol–water partition coefficient (Wildman–Crippen LogP) is 3.85. The summed E-state index contributed by atoms with van der Waals surface area (Å²) in [4.78, 5) is 13.0. The molecule has 0 unspecified atom stereocenters. The number of alkyl halides is 2. The summed E-state index contributed by atoms with van der Waals surface area (Å²) in [6, 6.07) is 10.4. The van der Waals surface area contributed by atoms with E-state index in [0.717, 1.165) is 32.0 Å². The monoisotopic (exact) mass is 537 g/mol. The van der Waals surface area contributed by atoms with E-state index in [1.54, 1.807) is 19.3 Å². The molecule has 29 heavy (non-hydrogen) atoms. The molecular weight excluding hydrogens is 515 g/mol. The van der Waals surface area contributed by atoms with Crippen LogP contribution in [0.4, 0.5) is 14.6 Å². The minimum Gasteiger partial charge on any atom is -0.434 e. The van der Waals surface area contributed by atoms with Crippen molar-refractivity contribution in [2.45, 2.75) is 13.2 Å². The molecule has 2 heterocycles. The molecule has 158 valence electrons. The molecule has 0 radical (unpaired) electrons. The fourth-order valence-corrected chi connectivity index (χ4v) is 3.29. The van der Waals surface area contributed by atoms with Crippen LogP contribution in [0.15, 0.2) is 47.6 Å². The van der Waals surface area contributed by atoms with Gasteiger partial charge in [0, 0.05) is 56.6 Å². The minimum absolute atomic E-state index is 0. The Morgan fingerprint density at radius 2 is 2.00 bits per heavy atom. The molecule has 1 aliphatic rings. The van der Waals surface area contributed by atoms with Gasteiger partial charge in [-0.05, 0) is 30.3 Å². The molecule has 1 aliphatic heterocycles. The Hall–Kier alpha value is -1.88. The van der Waals surface area contributed by atoms with E-state index in [0.29, 0.717) is 16.5 Å². The number of aromatic nitrogens is 1. The van der Waals surface area contributed by atoms with E-state index < -0.39 is 6.61 Å². The van der Waals surface area contributed by atoms with E-state index in [4.69, 9.17) is 11.6 Å². The molecular formula is C19H23ClF2IN5O. The maximum absolute atomic E-state index is 12.6. The van der Waals surface area contributed by atoms with E-state index in [9.17, 15) is 8.78 Å². The molecule has 6 nitrogen and oxygen atoms in total. The van der Waals surface area contributed by atoms with E-state index in [-0.39, 0.29) is 36.3 Å². The van der Waals surface area contributed by atoms with Crippen molar-refractivity contribution in [1.29, 1.82) is 0 Å². The van der Waals surface area contributed by atoms with E-state index in [2.05, 4.69) is 29.8 Å². The van der Waals surface area contributed by atoms with Crippen molar-refractivity contribution in [3.05, 3.63) is 53.2 Å². The third-order valence-electron chi connectivity index (χ3n) is 4.44. The third-order valence-corrected chi connectivity index (χ3v) is 4.67. The van der Waals surface area contributed by atoms with Gasteiger partial charge in [0.1, 0.15) is 11.6 Å². The number of halogens is 4. The number of benzene rings is 1. The number of pyridine rings is 1. The Bertz CT molecular complexity index is 804. The van der Waals surface area contributed by atoms with Gasteiger partial charge in [-0.2, -0.15) is 8.78 Å². The number of hydrogen-bond donors (Lipinski definition) is 1. The largest absolute Gasteiger partial charge is 0.434 e. The van der Waals surface area contributed by atoms with Crippen LogP contribution in [-0.4, -0.2) is 55.7 Å². The van der Waals surface area contributed by atoms with Crippen LogP contribution >= 0.6 is 35.6 Å². The molecule has 0 atom stereocenters. The van der Waals surface area contributed by atoms with Crippen LogP contribution in [0, 0.1) is 0 Å². The van der Waals surface area contributed by atoms with Crippen LogP contribution in [0.1, 0.15) is 5.56 Å². The lowest BCUT2D eigenvalue weighted by atomic mass is 10.2. The van der Waals surface area contributed by atoms with Gasteiger partial charge >= 0.3 is 6.61 Å². The standard InChI is InChI=1S/C19H22ClF2N5O.HI/c1-23-19(25-13-14-12-15(20)5-6-16(14)28-18(21)22)27-10-8-26(9-11-27)17-4-2-3-7-24-17;/h2-7,12,18H,8-11,13H2,1H3,(H,23,25);1H. The van der Waals surface area contributed by atoms with Crippen LogP contribution in [-0.2, 0) is 6.54 Å². The molecule has 2 aromatic rings. The Morgan fingerprint density at radius 1 is 1.24 bits per heavy atom. The highest BCUT2D eigenvalue weighted by Gasteiger charge is 2.20. The van der Waals surface area contributed by atoms with Crippen LogP contribution in [0.25, 0.3) is 0 Å². The first-order valence-electron chi connectivity index (χ1n) is 8.91. The first-order chi connectivity index (χ1) is 13.6. The zero-order chi connectivity index (χ0) is 19.9. The van der Waals surface area contributed by atoms with Gasteiger partial charge in [-0.1, -0.05) is 17.7 Å². The zero-order valence-electron chi connectivity index (χ0n) is 15.9. The molecule has 1 saturated heterocycles.